The maximum Gasteiger partial charge on any atom is 0.0316 e. The van der Waals surface area contributed by atoms with Crippen LogP contribution in [-0.2, 0) is 6.42 Å². The quantitative estimate of drug-likeness (QED) is 0.624. The van der Waals surface area contributed by atoms with Gasteiger partial charge >= 0.3 is 0 Å². The van der Waals surface area contributed by atoms with Gasteiger partial charge in [-0.05, 0) is 31.0 Å². The first-order chi connectivity index (χ1) is 8.09. The number of halogens is 1. The summed E-state index contributed by atoms with van der Waals surface area (Å²) in [7, 11) is 0. The molecule has 0 aliphatic heterocycles. The SMILES string of the molecule is C#CCCNC(C)(CN)Cc1ccc(Br)cc1. The summed E-state index contributed by atoms with van der Waals surface area (Å²) in [5.74, 6) is 2.63. The summed E-state index contributed by atoms with van der Waals surface area (Å²) in [5.41, 5.74) is 7.02. The molecular formula is C14H19BrN2. The predicted octanol–water partition coefficient (Wildman–Crippen LogP) is 2.32. The molecule has 1 aromatic carbocycles. The third-order valence-electron chi connectivity index (χ3n) is 2.78. The number of terminal acetylenes is 1. The van der Waals surface area contributed by atoms with Gasteiger partial charge in [-0.15, -0.1) is 12.3 Å². The van der Waals surface area contributed by atoms with Crippen LogP contribution in [0.5, 0.6) is 0 Å². The highest BCUT2D eigenvalue weighted by molar-refractivity contribution is 9.10. The molecule has 0 saturated heterocycles. The molecule has 1 atom stereocenters. The molecule has 0 amide bonds. The zero-order chi connectivity index (χ0) is 12.7. The molecule has 0 saturated carbocycles. The molecule has 1 rings (SSSR count). The van der Waals surface area contributed by atoms with Crippen molar-refractivity contribution >= 4 is 15.9 Å². The smallest absolute Gasteiger partial charge is 0.0316 e. The number of nitrogens with two attached hydrogens (primary N) is 1. The van der Waals surface area contributed by atoms with Crippen LogP contribution in [0.2, 0.25) is 0 Å². The highest BCUT2D eigenvalue weighted by atomic mass is 79.9. The highest BCUT2D eigenvalue weighted by Crippen LogP contribution is 2.15. The van der Waals surface area contributed by atoms with Gasteiger partial charge in [-0.2, -0.15) is 0 Å². The van der Waals surface area contributed by atoms with Gasteiger partial charge in [-0.1, -0.05) is 28.1 Å². The molecule has 0 bridgehead atoms. The van der Waals surface area contributed by atoms with E-state index in [4.69, 9.17) is 12.2 Å². The van der Waals surface area contributed by atoms with Crippen LogP contribution in [0.25, 0.3) is 0 Å². The van der Waals surface area contributed by atoms with Gasteiger partial charge in [0.2, 0.25) is 0 Å². The third-order valence-corrected chi connectivity index (χ3v) is 3.31. The van der Waals surface area contributed by atoms with Crippen molar-refractivity contribution in [1.29, 1.82) is 0 Å². The van der Waals surface area contributed by atoms with E-state index in [-0.39, 0.29) is 5.54 Å². The zero-order valence-electron chi connectivity index (χ0n) is 10.2. The second-order valence-electron chi connectivity index (χ2n) is 4.45. The molecule has 0 spiro atoms. The standard InChI is InChI=1S/C14H19BrN2/c1-3-4-9-17-14(2,11-16)10-12-5-7-13(15)8-6-12/h1,5-8,17H,4,9-11,16H2,2H3. The molecule has 1 aromatic rings. The zero-order valence-corrected chi connectivity index (χ0v) is 11.8. The first-order valence-electron chi connectivity index (χ1n) is 5.73. The second-order valence-corrected chi connectivity index (χ2v) is 5.36. The Morgan fingerprint density at radius 2 is 2.06 bits per heavy atom. The summed E-state index contributed by atoms with van der Waals surface area (Å²) in [4.78, 5) is 0. The molecule has 3 heteroatoms. The fourth-order valence-corrected chi connectivity index (χ4v) is 1.96. The molecule has 3 N–H and O–H groups in total. The van der Waals surface area contributed by atoms with E-state index in [2.05, 4.69) is 46.2 Å². The molecule has 0 fully saturated rings. The summed E-state index contributed by atoms with van der Waals surface area (Å²) in [6.07, 6.45) is 6.88. The van der Waals surface area contributed by atoms with E-state index in [1.165, 1.54) is 5.56 Å². The van der Waals surface area contributed by atoms with E-state index in [1.54, 1.807) is 0 Å². The summed E-state index contributed by atoms with van der Waals surface area (Å²) in [6, 6.07) is 8.32. The van der Waals surface area contributed by atoms with Gasteiger partial charge in [0.25, 0.3) is 0 Å². The van der Waals surface area contributed by atoms with Crippen LogP contribution in [-0.4, -0.2) is 18.6 Å². The molecule has 0 aliphatic rings. The van der Waals surface area contributed by atoms with Gasteiger partial charge in [-0.3, -0.25) is 0 Å². The lowest BCUT2D eigenvalue weighted by atomic mass is 9.93. The number of rotatable bonds is 6. The third kappa shape index (κ3) is 4.91. The monoisotopic (exact) mass is 294 g/mol. The van der Waals surface area contributed by atoms with Crippen molar-refractivity contribution in [1.82, 2.24) is 5.32 Å². The Bertz CT molecular complexity index is 380. The van der Waals surface area contributed by atoms with Crippen molar-refractivity contribution in [2.24, 2.45) is 5.73 Å². The molecule has 0 aliphatic carbocycles. The predicted molar refractivity (Wildman–Crippen MR) is 76.8 cm³/mol. The lowest BCUT2D eigenvalue weighted by Crippen LogP contribution is -2.50. The molecule has 17 heavy (non-hydrogen) atoms. The summed E-state index contributed by atoms with van der Waals surface area (Å²) >= 11 is 3.43. The summed E-state index contributed by atoms with van der Waals surface area (Å²) < 4.78 is 1.09. The largest absolute Gasteiger partial charge is 0.329 e. The van der Waals surface area contributed by atoms with E-state index in [1.807, 2.05) is 12.1 Å². The Balaban J connectivity index is 2.61. The minimum atomic E-state index is -0.0926. The maximum absolute atomic E-state index is 5.84. The topological polar surface area (TPSA) is 38.0 Å². The van der Waals surface area contributed by atoms with E-state index in [9.17, 15) is 0 Å². The number of benzene rings is 1. The van der Waals surface area contributed by atoms with E-state index in [0.717, 1.165) is 23.9 Å². The van der Waals surface area contributed by atoms with Gasteiger partial charge in [0, 0.05) is 29.5 Å². The summed E-state index contributed by atoms with van der Waals surface area (Å²) in [6.45, 7) is 3.53. The normalized spacial score (nSPS) is 14.0. The average molecular weight is 295 g/mol. The molecule has 0 aromatic heterocycles. The fraction of sp³-hybridized carbons (Fsp3) is 0.429. The van der Waals surface area contributed by atoms with Crippen molar-refractivity contribution in [3.8, 4) is 12.3 Å². The average Bonchev–Trinajstić information content (AvgIpc) is 2.33. The Hall–Kier alpha value is -0.820. The Labute approximate surface area is 112 Å². The van der Waals surface area contributed by atoms with E-state index >= 15 is 0 Å². The van der Waals surface area contributed by atoms with Crippen molar-refractivity contribution < 1.29 is 0 Å². The van der Waals surface area contributed by atoms with Gasteiger partial charge in [0.15, 0.2) is 0 Å². The van der Waals surface area contributed by atoms with Crippen LogP contribution in [0.3, 0.4) is 0 Å². The van der Waals surface area contributed by atoms with Crippen LogP contribution in [0.15, 0.2) is 28.7 Å². The second kappa shape index (κ2) is 6.80. The van der Waals surface area contributed by atoms with Crippen LogP contribution in [0.4, 0.5) is 0 Å². The van der Waals surface area contributed by atoms with Gasteiger partial charge in [0.1, 0.15) is 0 Å². The Morgan fingerprint density at radius 1 is 1.41 bits per heavy atom. The Morgan fingerprint density at radius 3 is 2.59 bits per heavy atom. The van der Waals surface area contributed by atoms with Crippen molar-refractivity contribution in [2.75, 3.05) is 13.1 Å². The molecule has 0 radical (unpaired) electrons. The first-order valence-corrected chi connectivity index (χ1v) is 6.52. The van der Waals surface area contributed by atoms with Gasteiger partial charge in [-0.25, -0.2) is 0 Å². The lowest BCUT2D eigenvalue weighted by molar-refractivity contribution is 0.366. The van der Waals surface area contributed by atoms with Crippen LogP contribution in [0, 0.1) is 12.3 Å². The first kappa shape index (κ1) is 14.2. The summed E-state index contributed by atoms with van der Waals surface area (Å²) in [5, 5.41) is 3.43. The molecule has 92 valence electrons. The molecular weight excluding hydrogens is 276 g/mol. The van der Waals surface area contributed by atoms with Crippen LogP contribution in [0.1, 0.15) is 18.9 Å². The maximum atomic E-state index is 5.84. The minimum absolute atomic E-state index is 0.0926. The lowest BCUT2D eigenvalue weighted by Gasteiger charge is -2.29. The van der Waals surface area contributed by atoms with E-state index in [0.29, 0.717) is 6.54 Å². The number of nitrogens with one attached hydrogen (secondary N) is 1. The highest BCUT2D eigenvalue weighted by Gasteiger charge is 2.21. The number of hydrogen-bond donors (Lipinski definition) is 2. The van der Waals surface area contributed by atoms with Crippen LogP contribution >= 0.6 is 15.9 Å². The van der Waals surface area contributed by atoms with Crippen molar-refractivity contribution in [3.63, 3.8) is 0 Å². The molecule has 0 heterocycles. The van der Waals surface area contributed by atoms with Crippen molar-refractivity contribution in [3.05, 3.63) is 34.3 Å². The van der Waals surface area contributed by atoms with Gasteiger partial charge < -0.3 is 11.1 Å². The van der Waals surface area contributed by atoms with Gasteiger partial charge in [0.05, 0.1) is 0 Å². The minimum Gasteiger partial charge on any atom is -0.329 e. The molecule has 2 nitrogen and oxygen atoms in total. The van der Waals surface area contributed by atoms with Crippen molar-refractivity contribution in [2.45, 2.75) is 25.3 Å². The fourth-order valence-electron chi connectivity index (χ4n) is 1.70. The Kier molecular flexibility index (Phi) is 5.70. The van der Waals surface area contributed by atoms with E-state index < -0.39 is 0 Å². The van der Waals surface area contributed by atoms with Crippen LogP contribution < -0.4 is 11.1 Å². The number of hydrogen-bond acceptors (Lipinski definition) is 2. The molecule has 1 unspecified atom stereocenters.